The minimum absolute atomic E-state index is 0.0226. The van der Waals surface area contributed by atoms with Gasteiger partial charge in [-0.15, -0.1) is 0 Å². The summed E-state index contributed by atoms with van der Waals surface area (Å²) in [5, 5.41) is 0. The molecule has 0 aliphatic heterocycles. The van der Waals surface area contributed by atoms with Gasteiger partial charge in [-0.3, -0.25) is 0 Å². The van der Waals surface area contributed by atoms with E-state index in [2.05, 4.69) is 105 Å². The van der Waals surface area contributed by atoms with Crippen LogP contribution in [0, 0.1) is 28.1 Å². The van der Waals surface area contributed by atoms with Crippen molar-refractivity contribution >= 4 is 0 Å². The Bertz CT molecular complexity index is 1060. The average molecular weight is 485 g/mol. The van der Waals surface area contributed by atoms with Crippen LogP contribution in [0.2, 0.25) is 0 Å². The third kappa shape index (κ3) is 5.29. The Morgan fingerprint density at radius 3 is 2.17 bits per heavy atom. The fourth-order valence-electron chi connectivity index (χ4n) is 6.95. The van der Waals surface area contributed by atoms with Gasteiger partial charge in [-0.25, -0.2) is 0 Å². The van der Waals surface area contributed by atoms with Crippen molar-refractivity contribution in [1.82, 2.24) is 0 Å². The third-order valence-corrected chi connectivity index (χ3v) is 9.48. The molecule has 36 heavy (non-hydrogen) atoms. The Morgan fingerprint density at radius 1 is 0.972 bits per heavy atom. The van der Waals surface area contributed by atoms with Gasteiger partial charge in [-0.1, -0.05) is 104 Å². The highest BCUT2D eigenvalue weighted by molar-refractivity contribution is 5.56. The van der Waals surface area contributed by atoms with Gasteiger partial charge in [-0.2, -0.15) is 0 Å². The number of hydrogen-bond acceptors (Lipinski definition) is 0. The van der Waals surface area contributed by atoms with E-state index >= 15 is 0 Å². The molecule has 0 heterocycles. The van der Waals surface area contributed by atoms with Crippen LogP contribution in [-0.4, -0.2) is 0 Å². The quantitative estimate of drug-likeness (QED) is 0.300. The maximum atomic E-state index is 4.99. The maximum absolute atomic E-state index is 4.99. The number of hydrogen-bond donors (Lipinski definition) is 0. The van der Waals surface area contributed by atoms with Crippen molar-refractivity contribution in [2.24, 2.45) is 28.1 Å². The Hall–Kier alpha value is -2.08. The molecule has 2 bridgehead atoms. The molecule has 0 nitrogen and oxygen atoms in total. The Morgan fingerprint density at radius 2 is 1.61 bits per heavy atom. The molecule has 0 radical (unpaired) electrons. The Kier molecular flexibility index (Phi) is 8.49. The van der Waals surface area contributed by atoms with Gasteiger partial charge in [0.05, 0.1) is 0 Å². The first-order chi connectivity index (χ1) is 16.7. The first-order valence-corrected chi connectivity index (χ1v) is 14.1. The lowest BCUT2D eigenvalue weighted by molar-refractivity contribution is -0.00822. The minimum Gasteiger partial charge on any atom is -0.0980 e. The van der Waals surface area contributed by atoms with Crippen molar-refractivity contribution in [2.45, 2.75) is 101 Å². The van der Waals surface area contributed by atoms with Gasteiger partial charge in [0.2, 0.25) is 0 Å². The van der Waals surface area contributed by atoms with Gasteiger partial charge >= 0.3 is 0 Å². The Labute approximate surface area is 223 Å². The summed E-state index contributed by atoms with van der Waals surface area (Å²) in [6.45, 7) is 30.6. The molecule has 1 fully saturated rings. The summed E-state index contributed by atoms with van der Waals surface area (Å²) < 4.78 is 0. The first kappa shape index (κ1) is 28.5. The van der Waals surface area contributed by atoms with Crippen molar-refractivity contribution in [1.29, 1.82) is 0 Å². The van der Waals surface area contributed by atoms with E-state index in [9.17, 15) is 0 Å². The van der Waals surface area contributed by atoms with Crippen LogP contribution in [0.3, 0.4) is 0 Å². The molecule has 1 saturated carbocycles. The summed E-state index contributed by atoms with van der Waals surface area (Å²) in [7, 11) is 0. The smallest absolute Gasteiger partial charge is 0.0258 e. The molecule has 0 N–H and O–H groups in total. The molecule has 0 saturated heterocycles. The van der Waals surface area contributed by atoms with Crippen molar-refractivity contribution < 1.29 is 0 Å². The SMILES string of the molecule is C=C1C(CC=C(C)C)=CC2(CC=C(C)C)CC(CC=C(C)C)C(C)(C)C1(CC1=CCC(C)C=C1)C2=C. The van der Waals surface area contributed by atoms with Gasteiger partial charge < -0.3 is 0 Å². The predicted molar refractivity (Wildman–Crippen MR) is 161 cm³/mol. The summed E-state index contributed by atoms with van der Waals surface area (Å²) in [6.07, 6.45) is 23.6. The second-order valence-corrected chi connectivity index (χ2v) is 13.3. The molecule has 0 aromatic rings. The standard InChI is InChI=1S/C36H52/c1-25(2)12-18-32-23-35(21-20-27(5)6)24-33(19-13-26(3)4)34(10,11)36(29(32)8,30(35)9)22-31-16-14-28(7)15-17-31/h12-14,16-17,20,23,28,33H,8-9,15,18-19,21-22,24H2,1-7,10-11H3. The zero-order valence-corrected chi connectivity index (χ0v) is 24.9. The van der Waals surface area contributed by atoms with Gasteiger partial charge in [0, 0.05) is 10.8 Å². The first-order valence-electron chi connectivity index (χ1n) is 14.1. The summed E-state index contributed by atoms with van der Waals surface area (Å²) in [5.74, 6) is 1.19. The highest BCUT2D eigenvalue weighted by atomic mass is 14.7. The van der Waals surface area contributed by atoms with E-state index in [-0.39, 0.29) is 16.2 Å². The molecule has 0 heteroatoms. The number of fused-ring (bicyclic) bond motifs is 2. The highest BCUT2D eigenvalue weighted by Crippen LogP contribution is 2.72. The molecular weight excluding hydrogens is 432 g/mol. The van der Waals surface area contributed by atoms with Gasteiger partial charge in [-0.05, 0) is 108 Å². The van der Waals surface area contributed by atoms with E-state index in [1.807, 2.05) is 0 Å². The van der Waals surface area contributed by atoms with Crippen LogP contribution in [0.1, 0.15) is 101 Å². The molecule has 4 atom stereocenters. The van der Waals surface area contributed by atoms with Gasteiger partial charge in [0.15, 0.2) is 0 Å². The summed E-state index contributed by atoms with van der Waals surface area (Å²) in [4.78, 5) is 0. The lowest BCUT2D eigenvalue weighted by Crippen LogP contribution is -2.57. The summed E-state index contributed by atoms with van der Waals surface area (Å²) in [5.41, 5.74) is 9.67. The fraction of sp³-hybridized carbons (Fsp3) is 0.556. The fourth-order valence-corrected chi connectivity index (χ4v) is 6.95. The molecule has 0 aromatic heterocycles. The lowest BCUT2D eigenvalue weighted by atomic mass is 9.38. The third-order valence-electron chi connectivity index (χ3n) is 9.48. The monoisotopic (exact) mass is 484 g/mol. The largest absolute Gasteiger partial charge is 0.0980 e. The topological polar surface area (TPSA) is 0 Å². The van der Waals surface area contributed by atoms with Crippen LogP contribution >= 0.6 is 0 Å². The average Bonchev–Trinajstić information content (AvgIpc) is 2.79. The van der Waals surface area contributed by atoms with E-state index in [1.54, 1.807) is 0 Å². The van der Waals surface area contributed by atoms with Crippen molar-refractivity contribution in [2.75, 3.05) is 0 Å². The molecule has 0 spiro atoms. The van der Waals surface area contributed by atoms with Crippen LogP contribution in [-0.2, 0) is 0 Å². The molecular formula is C36H52. The van der Waals surface area contributed by atoms with Crippen molar-refractivity contribution in [3.05, 3.63) is 94.7 Å². The maximum Gasteiger partial charge on any atom is 0.0258 e. The predicted octanol–water partition coefficient (Wildman–Crippen LogP) is 11.0. The van der Waals surface area contributed by atoms with Crippen LogP contribution in [0.5, 0.6) is 0 Å². The molecule has 3 aliphatic rings. The number of allylic oxidation sites excluding steroid dienone is 14. The molecule has 0 amide bonds. The lowest BCUT2D eigenvalue weighted by Gasteiger charge is -2.65. The van der Waals surface area contributed by atoms with E-state index in [4.69, 9.17) is 13.2 Å². The summed E-state index contributed by atoms with van der Waals surface area (Å²) >= 11 is 0. The van der Waals surface area contributed by atoms with Crippen molar-refractivity contribution in [3.63, 3.8) is 0 Å². The second-order valence-electron chi connectivity index (χ2n) is 13.3. The van der Waals surface area contributed by atoms with E-state index in [0.29, 0.717) is 11.8 Å². The summed E-state index contributed by atoms with van der Waals surface area (Å²) in [6, 6.07) is 0. The molecule has 196 valence electrons. The second kappa shape index (κ2) is 10.7. The zero-order chi connectivity index (χ0) is 26.9. The zero-order valence-electron chi connectivity index (χ0n) is 24.9. The van der Waals surface area contributed by atoms with E-state index in [1.165, 1.54) is 39.0 Å². The highest BCUT2D eigenvalue weighted by Gasteiger charge is 2.63. The van der Waals surface area contributed by atoms with Crippen LogP contribution in [0.4, 0.5) is 0 Å². The molecule has 4 unspecified atom stereocenters. The van der Waals surface area contributed by atoms with Gasteiger partial charge in [0.1, 0.15) is 0 Å². The molecule has 3 rings (SSSR count). The van der Waals surface area contributed by atoms with Crippen LogP contribution in [0.25, 0.3) is 0 Å². The molecule has 0 aromatic carbocycles. The minimum atomic E-state index is -0.156. The van der Waals surface area contributed by atoms with E-state index < -0.39 is 0 Å². The number of rotatable bonds is 8. The van der Waals surface area contributed by atoms with Gasteiger partial charge in [0.25, 0.3) is 0 Å². The normalized spacial score (nSPS) is 30.8. The Balaban J connectivity index is 2.27. The van der Waals surface area contributed by atoms with Crippen LogP contribution in [0.15, 0.2) is 94.7 Å². The van der Waals surface area contributed by atoms with E-state index in [0.717, 1.165) is 38.5 Å². The molecule has 3 aliphatic carbocycles. The van der Waals surface area contributed by atoms with Crippen molar-refractivity contribution in [3.8, 4) is 0 Å². The van der Waals surface area contributed by atoms with Crippen LogP contribution < -0.4 is 0 Å².